The number of nitrogens with zero attached hydrogens (tertiary/aromatic N) is 1. The molecule has 1 aliphatic carbocycles. The Bertz CT molecular complexity index is 571. The van der Waals surface area contributed by atoms with Crippen LogP contribution < -0.4 is 5.73 Å². The third-order valence-electron chi connectivity index (χ3n) is 4.14. The van der Waals surface area contributed by atoms with Gasteiger partial charge in [0.05, 0.1) is 6.61 Å². The zero-order valence-electron chi connectivity index (χ0n) is 12.2. The standard InChI is InChI=1S/C17H24N2O/c1-2-16(18)10-14-5-6-17-15(9-14)7-8-19(17)12-20-11-13-3-4-13/h5-9,13,16H,2-4,10-12,18H2,1H3. The Morgan fingerprint density at radius 3 is 2.95 bits per heavy atom. The molecule has 3 rings (SSSR count). The molecule has 0 radical (unpaired) electrons. The molecular formula is C17H24N2O. The molecule has 0 aliphatic heterocycles. The van der Waals surface area contributed by atoms with Crippen LogP contribution in [0.2, 0.25) is 0 Å². The topological polar surface area (TPSA) is 40.2 Å². The van der Waals surface area contributed by atoms with E-state index in [0.717, 1.165) is 25.4 Å². The van der Waals surface area contributed by atoms with E-state index in [2.05, 4.69) is 42.0 Å². The fourth-order valence-corrected chi connectivity index (χ4v) is 2.54. The van der Waals surface area contributed by atoms with Crippen LogP contribution in [-0.4, -0.2) is 17.2 Å². The minimum absolute atomic E-state index is 0.261. The van der Waals surface area contributed by atoms with Crippen LogP contribution in [0.1, 0.15) is 31.7 Å². The second-order valence-electron chi connectivity index (χ2n) is 5.99. The first-order valence-electron chi connectivity index (χ1n) is 7.67. The van der Waals surface area contributed by atoms with Crippen molar-refractivity contribution in [1.29, 1.82) is 0 Å². The summed E-state index contributed by atoms with van der Waals surface area (Å²) in [5.74, 6) is 0.818. The number of benzene rings is 1. The van der Waals surface area contributed by atoms with Gasteiger partial charge in [-0.3, -0.25) is 0 Å². The van der Waals surface area contributed by atoms with Gasteiger partial charge in [-0.15, -0.1) is 0 Å². The maximum absolute atomic E-state index is 6.03. The first-order chi connectivity index (χ1) is 9.76. The second-order valence-corrected chi connectivity index (χ2v) is 5.99. The normalized spacial score (nSPS) is 16.7. The molecule has 0 saturated heterocycles. The molecule has 2 N–H and O–H groups in total. The largest absolute Gasteiger partial charge is 0.360 e. The van der Waals surface area contributed by atoms with Gasteiger partial charge >= 0.3 is 0 Å². The van der Waals surface area contributed by atoms with Gasteiger partial charge in [0, 0.05) is 17.8 Å². The summed E-state index contributed by atoms with van der Waals surface area (Å²) in [6.45, 7) is 3.70. The number of hydrogen-bond acceptors (Lipinski definition) is 2. The molecule has 1 atom stereocenters. The number of fused-ring (bicyclic) bond motifs is 1. The van der Waals surface area contributed by atoms with Crippen molar-refractivity contribution in [2.45, 2.75) is 45.4 Å². The lowest BCUT2D eigenvalue weighted by Crippen LogP contribution is -2.21. The van der Waals surface area contributed by atoms with Crippen LogP contribution in [0.25, 0.3) is 10.9 Å². The summed E-state index contributed by atoms with van der Waals surface area (Å²) in [5.41, 5.74) is 8.60. The SMILES string of the molecule is CCC(N)Cc1ccc2c(ccn2COCC2CC2)c1. The summed E-state index contributed by atoms with van der Waals surface area (Å²) >= 11 is 0. The van der Waals surface area contributed by atoms with Crippen molar-refractivity contribution >= 4 is 10.9 Å². The van der Waals surface area contributed by atoms with Crippen molar-refractivity contribution in [3.05, 3.63) is 36.0 Å². The zero-order valence-corrected chi connectivity index (χ0v) is 12.2. The van der Waals surface area contributed by atoms with Crippen molar-refractivity contribution < 1.29 is 4.74 Å². The van der Waals surface area contributed by atoms with Crippen LogP contribution >= 0.6 is 0 Å². The predicted molar refractivity (Wildman–Crippen MR) is 82.6 cm³/mol. The monoisotopic (exact) mass is 272 g/mol. The Balaban J connectivity index is 1.68. The van der Waals surface area contributed by atoms with Crippen LogP contribution in [0.5, 0.6) is 0 Å². The van der Waals surface area contributed by atoms with E-state index in [4.69, 9.17) is 10.5 Å². The first-order valence-corrected chi connectivity index (χ1v) is 7.67. The second kappa shape index (κ2) is 5.98. The van der Waals surface area contributed by atoms with Gasteiger partial charge in [0.2, 0.25) is 0 Å². The molecule has 1 saturated carbocycles. The van der Waals surface area contributed by atoms with E-state index in [1.165, 1.54) is 29.3 Å². The van der Waals surface area contributed by atoms with E-state index < -0.39 is 0 Å². The number of aromatic nitrogens is 1. The van der Waals surface area contributed by atoms with Crippen molar-refractivity contribution in [1.82, 2.24) is 4.57 Å². The van der Waals surface area contributed by atoms with E-state index in [-0.39, 0.29) is 6.04 Å². The molecule has 1 aromatic carbocycles. The van der Waals surface area contributed by atoms with E-state index in [1.807, 2.05) is 0 Å². The highest BCUT2D eigenvalue weighted by Gasteiger charge is 2.21. The summed E-state index contributed by atoms with van der Waals surface area (Å²) in [6, 6.07) is 9.05. The Morgan fingerprint density at radius 2 is 2.20 bits per heavy atom. The Kier molecular flexibility index (Phi) is 4.08. The quantitative estimate of drug-likeness (QED) is 0.840. The highest BCUT2D eigenvalue weighted by molar-refractivity contribution is 5.80. The fraction of sp³-hybridized carbons (Fsp3) is 0.529. The molecule has 3 heteroatoms. The number of hydrogen-bond donors (Lipinski definition) is 1. The van der Waals surface area contributed by atoms with Crippen LogP contribution in [-0.2, 0) is 17.9 Å². The Morgan fingerprint density at radius 1 is 1.35 bits per heavy atom. The lowest BCUT2D eigenvalue weighted by molar-refractivity contribution is 0.0718. The molecular weight excluding hydrogens is 248 g/mol. The number of ether oxygens (including phenoxy) is 1. The molecule has 20 heavy (non-hydrogen) atoms. The van der Waals surface area contributed by atoms with Gasteiger partial charge < -0.3 is 15.0 Å². The maximum atomic E-state index is 6.03. The lowest BCUT2D eigenvalue weighted by atomic mass is 10.0. The van der Waals surface area contributed by atoms with Gasteiger partial charge in [-0.25, -0.2) is 0 Å². The molecule has 0 spiro atoms. The average Bonchev–Trinajstić information content (AvgIpc) is 3.19. The number of nitrogens with two attached hydrogens (primary N) is 1. The molecule has 1 unspecified atom stereocenters. The minimum atomic E-state index is 0.261. The molecule has 0 amide bonds. The molecule has 1 fully saturated rings. The number of rotatable bonds is 7. The molecule has 1 heterocycles. The predicted octanol–water partition coefficient (Wildman–Crippen LogP) is 3.31. The highest BCUT2D eigenvalue weighted by atomic mass is 16.5. The summed E-state index contributed by atoms with van der Waals surface area (Å²) < 4.78 is 7.95. The van der Waals surface area contributed by atoms with E-state index in [9.17, 15) is 0 Å². The summed E-state index contributed by atoms with van der Waals surface area (Å²) in [4.78, 5) is 0. The Hall–Kier alpha value is -1.32. The molecule has 1 aliphatic rings. The van der Waals surface area contributed by atoms with E-state index >= 15 is 0 Å². The molecule has 0 bridgehead atoms. The maximum Gasteiger partial charge on any atom is 0.122 e. The van der Waals surface area contributed by atoms with E-state index in [1.54, 1.807) is 0 Å². The van der Waals surface area contributed by atoms with Crippen molar-refractivity contribution in [3.8, 4) is 0 Å². The van der Waals surface area contributed by atoms with E-state index in [0.29, 0.717) is 6.73 Å². The van der Waals surface area contributed by atoms with Gasteiger partial charge in [0.25, 0.3) is 0 Å². The van der Waals surface area contributed by atoms with Crippen molar-refractivity contribution in [2.24, 2.45) is 11.7 Å². The van der Waals surface area contributed by atoms with Crippen LogP contribution in [0.4, 0.5) is 0 Å². The fourth-order valence-electron chi connectivity index (χ4n) is 2.54. The summed E-state index contributed by atoms with van der Waals surface area (Å²) in [5, 5.41) is 1.28. The zero-order chi connectivity index (χ0) is 13.9. The molecule has 2 aromatic rings. The van der Waals surface area contributed by atoms with Crippen LogP contribution in [0.3, 0.4) is 0 Å². The van der Waals surface area contributed by atoms with Crippen molar-refractivity contribution in [3.63, 3.8) is 0 Å². The Labute approximate surface area is 120 Å². The summed E-state index contributed by atoms with van der Waals surface area (Å²) in [6.07, 6.45) is 6.77. The third kappa shape index (κ3) is 3.22. The smallest absolute Gasteiger partial charge is 0.122 e. The van der Waals surface area contributed by atoms with Gasteiger partial charge in [-0.05, 0) is 60.7 Å². The van der Waals surface area contributed by atoms with Gasteiger partial charge in [0.1, 0.15) is 6.73 Å². The lowest BCUT2D eigenvalue weighted by Gasteiger charge is -2.10. The first kappa shape index (κ1) is 13.7. The molecule has 108 valence electrons. The van der Waals surface area contributed by atoms with Crippen LogP contribution in [0.15, 0.2) is 30.5 Å². The van der Waals surface area contributed by atoms with Crippen molar-refractivity contribution in [2.75, 3.05) is 6.61 Å². The van der Waals surface area contributed by atoms with Gasteiger partial charge in [-0.2, -0.15) is 0 Å². The summed E-state index contributed by atoms with van der Waals surface area (Å²) in [7, 11) is 0. The molecule has 3 nitrogen and oxygen atoms in total. The highest BCUT2D eigenvalue weighted by Crippen LogP contribution is 2.29. The third-order valence-corrected chi connectivity index (χ3v) is 4.14. The van der Waals surface area contributed by atoms with Gasteiger partial charge in [0.15, 0.2) is 0 Å². The van der Waals surface area contributed by atoms with Crippen LogP contribution in [0, 0.1) is 5.92 Å². The average molecular weight is 272 g/mol. The van der Waals surface area contributed by atoms with Gasteiger partial charge in [-0.1, -0.05) is 13.0 Å². The minimum Gasteiger partial charge on any atom is -0.360 e. The molecule has 1 aromatic heterocycles.